The summed E-state index contributed by atoms with van der Waals surface area (Å²) in [6.45, 7) is 0. The summed E-state index contributed by atoms with van der Waals surface area (Å²) >= 11 is 5.79. The van der Waals surface area contributed by atoms with E-state index in [2.05, 4.69) is 4.98 Å². The minimum atomic E-state index is -0.460. The molecule has 0 fully saturated rings. The topological polar surface area (TPSA) is 32.9 Å². The Hall–Kier alpha value is -1.35. The first kappa shape index (κ1) is 10.8. The molecule has 1 aromatic heterocycles. The number of hydrogen-bond acceptors (Lipinski definition) is 1. The third-order valence-corrected chi connectivity index (χ3v) is 3.54. The second kappa shape index (κ2) is 3.84. The molecule has 2 nitrogen and oxygen atoms in total. The van der Waals surface area contributed by atoms with Gasteiger partial charge >= 0.3 is 0 Å². The lowest BCUT2D eigenvalue weighted by Crippen LogP contribution is -2.18. The number of benzene rings is 1. The molecule has 0 atom stereocenters. The Balaban J connectivity index is 2.44. The number of halogens is 2. The predicted octanol–water partition coefficient (Wildman–Crippen LogP) is 3.20. The maximum Gasteiger partial charge on any atom is 0.192 e. The Bertz CT molecular complexity index is 662. The molecule has 0 aliphatic heterocycles. The fourth-order valence-electron chi connectivity index (χ4n) is 2.49. The van der Waals surface area contributed by atoms with E-state index in [1.165, 1.54) is 12.1 Å². The molecule has 0 bridgehead atoms. The number of aromatic amines is 1. The van der Waals surface area contributed by atoms with Crippen molar-refractivity contribution in [1.29, 1.82) is 0 Å². The van der Waals surface area contributed by atoms with Gasteiger partial charge in [-0.2, -0.15) is 0 Å². The molecule has 0 amide bonds. The van der Waals surface area contributed by atoms with Gasteiger partial charge in [-0.05, 0) is 37.8 Å². The first-order valence-electron chi connectivity index (χ1n) is 5.69. The van der Waals surface area contributed by atoms with Gasteiger partial charge in [0.1, 0.15) is 5.82 Å². The van der Waals surface area contributed by atoms with Crippen molar-refractivity contribution in [3.63, 3.8) is 0 Å². The highest BCUT2D eigenvalue weighted by Gasteiger charge is 2.17. The highest BCUT2D eigenvalue weighted by atomic mass is 35.5. The number of aryl methyl sites for hydroxylation is 1. The SMILES string of the molecule is O=c1c2c([nH]c3c(F)cc(Cl)cc13)CCCC2. The summed E-state index contributed by atoms with van der Waals surface area (Å²) in [5, 5.41) is 0.618. The van der Waals surface area contributed by atoms with Crippen LogP contribution in [0.1, 0.15) is 24.1 Å². The quantitative estimate of drug-likeness (QED) is 0.766. The average molecular weight is 252 g/mol. The molecule has 88 valence electrons. The van der Waals surface area contributed by atoms with Crippen molar-refractivity contribution >= 4 is 22.5 Å². The standard InChI is InChI=1S/C13H11ClFNO/c14-7-5-9-12(10(15)6-7)16-11-4-2-1-3-8(11)13(9)17/h5-6H,1-4H2,(H,16,17). The molecule has 1 aliphatic carbocycles. The second-order valence-electron chi connectivity index (χ2n) is 4.43. The summed E-state index contributed by atoms with van der Waals surface area (Å²) in [5.41, 5.74) is 1.88. The van der Waals surface area contributed by atoms with E-state index in [9.17, 15) is 9.18 Å². The first-order valence-corrected chi connectivity index (χ1v) is 6.07. The third-order valence-electron chi connectivity index (χ3n) is 3.32. The Labute approximate surface area is 102 Å². The molecule has 1 aromatic carbocycles. The van der Waals surface area contributed by atoms with Crippen LogP contribution in [-0.4, -0.2) is 4.98 Å². The second-order valence-corrected chi connectivity index (χ2v) is 4.86. The van der Waals surface area contributed by atoms with Gasteiger partial charge in [-0.1, -0.05) is 11.6 Å². The van der Waals surface area contributed by atoms with Crippen LogP contribution in [0.3, 0.4) is 0 Å². The van der Waals surface area contributed by atoms with E-state index in [1.54, 1.807) is 0 Å². The van der Waals surface area contributed by atoms with Crippen molar-refractivity contribution < 1.29 is 4.39 Å². The van der Waals surface area contributed by atoms with Crippen LogP contribution in [0.25, 0.3) is 10.9 Å². The van der Waals surface area contributed by atoms with Crippen molar-refractivity contribution in [2.75, 3.05) is 0 Å². The minimum absolute atomic E-state index is 0.0742. The van der Waals surface area contributed by atoms with Crippen LogP contribution >= 0.6 is 11.6 Å². The lowest BCUT2D eigenvalue weighted by Gasteiger charge is -2.16. The lowest BCUT2D eigenvalue weighted by molar-refractivity contribution is 0.631. The number of fused-ring (bicyclic) bond motifs is 2. The number of H-pyrrole nitrogens is 1. The Morgan fingerprint density at radius 3 is 2.82 bits per heavy atom. The van der Waals surface area contributed by atoms with Gasteiger partial charge in [0.2, 0.25) is 0 Å². The van der Waals surface area contributed by atoms with Crippen molar-refractivity contribution in [1.82, 2.24) is 4.98 Å². The van der Waals surface area contributed by atoms with Gasteiger partial charge in [-0.15, -0.1) is 0 Å². The molecule has 0 saturated carbocycles. The van der Waals surface area contributed by atoms with E-state index in [-0.39, 0.29) is 16.0 Å². The van der Waals surface area contributed by atoms with Gasteiger partial charge in [0.25, 0.3) is 0 Å². The maximum absolute atomic E-state index is 13.7. The largest absolute Gasteiger partial charge is 0.356 e. The molecule has 0 radical (unpaired) electrons. The lowest BCUT2D eigenvalue weighted by atomic mass is 9.94. The summed E-state index contributed by atoms with van der Waals surface area (Å²) in [4.78, 5) is 15.3. The molecule has 1 aliphatic rings. The van der Waals surface area contributed by atoms with Crippen LogP contribution in [0, 0.1) is 5.82 Å². The molecule has 1 N–H and O–H groups in total. The number of hydrogen-bond donors (Lipinski definition) is 1. The number of nitrogens with one attached hydrogen (secondary N) is 1. The van der Waals surface area contributed by atoms with E-state index < -0.39 is 5.82 Å². The molecule has 0 unspecified atom stereocenters. The molecule has 0 saturated heterocycles. The molecule has 1 heterocycles. The van der Waals surface area contributed by atoms with E-state index in [0.29, 0.717) is 5.39 Å². The minimum Gasteiger partial charge on any atom is -0.356 e. The summed E-state index contributed by atoms with van der Waals surface area (Å²) in [5.74, 6) is -0.460. The van der Waals surface area contributed by atoms with E-state index in [0.717, 1.165) is 36.9 Å². The van der Waals surface area contributed by atoms with Crippen LogP contribution < -0.4 is 5.43 Å². The number of aromatic nitrogens is 1. The van der Waals surface area contributed by atoms with Crippen LogP contribution in [0.15, 0.2) is 16.9 Å². The monoisotopic (exact) mass is 251 g/mol. The normalized spacial score (nSPS) is 14.9. The van der Waals surface area contributed by atoms with E-state index in [4.69, 9.17) is 11.6 Å². The zero-order chi connectivity index (χ0) is 12.0. The number of rotatable bonds is 0. The molecule has 17 heavy (non-hydrogen) atoms. The Kier molecular flexibility index (Phi) is 2.44. The van der Waals surface area contributed by atoms with Crippen LogP contribution in [-0.2, 0) is 12.8 Å². The smallest absolute Gasteiger partial charge is 0.192 e. The van der Waals surface area contributed by atoms with Gasteiger partial charge in [-0.3, -0.25) is 4.79 Å². The molecular weight excluding hydrogens is 241 g/mol. The maximum atomic E-state index is 13.7. The summed E-state index contributed by atoms with van der Waals surface area (Å²) in [7, 11) is 0. The fourth-order valence-corrected chi connectivity index (χ4v) is 2.69. The Morgan fingerprint density at radius 1 is 1.24 bits per heavy atom. The summed E-state index contributed by atoms with van der Waals surface area (Å²) in [6, 6.07) is 2.77. The zero-order valence-electron chi connectivity index (χ0n) is 9.15. The van der Waals surface area contributed by atoms with Gasteiger partial charge in [0.05, 0.1) is 10.9 Å². The molecule has 0 spiro atoms. The fraction of sp³-hybridized carbons (Fsp3) is 0.308. The van der Waals surface area contributed by atoms with Crippen LogP contribution in [0.5, 0.6) is 0 Å². The molecule has 3 rings (SSSR count). The number of pyridine rings is 1. The highest BCUT2D eigenvalue weighted by molar-refractivity contribution is 6.31. The first-order chi connectivity index (χ1) is 8.16. The average Bonchev–Trinajstić information content (AvgIpc) is 2.31. The van der Waals surface area contributed by atoms with Crippen molar-refractivity contribution in [2.45, 2.75) is 25.7 Å². The van der Waals surface area contributed by atoms with Crippen molar-refractivity contribution in [3.8, 4) is 0 Å². The van der Waals surface area contributed by atoms with E-state index in [1.807, 2.05) is 0 Å². The van der Waals surface area contributed by atoms with E-state index >= 15 is 0 Å². The summed E-state index contributed by atoms with van der Waals surface area (Å²) < 4.78 is 13.7. The Morgan fingerprint density at radius 2 is 2.00 bits per heavy atom. The highest BCUT2D eigenvalue weighted by Crippen LogP contribution is 2.23. The van der Waals surface area contributed by atoms with Crippen molar-refractivity contribution in [2.24, 2.45) is 0 Å². The van der Waals surface area contributed by atoms with Gasteiger partial charge < -0.3 is 4.98 Å². The summed E-state index contributed by atoms with van der Waals surface area (Å²) in [6.07, 6.45) is 3.66. The van der Waals surface area contributed by atoms with Gasteiger partial charge in [-0.25, -0.2) is 4.39 Å². The molecular formula is C13H11ClFNO. The molecule has 2 aromatic rings. The third kappa shape index (κ3) is 1.65. The van der Waals surface area contributed by atoms with Gasteiger partial charge in [0, 0.05) is 16.3 Å². The van der Waals surface area contributed by atoms with Crippen LogP contribution in [0.2, 0.25) is 5.02 Å². The zero-order valence-corrected chi connectivity index (χ0v) is 9.90. The predicted molar refractivity (Wildman–Crippen MR) is 66.2 cm³/mol. The van der Waals surface area contributed by atoms with Gasteiger partial charge in [0.15, 0.2) is 5.43 Å². The molecule has 4 heteroatoms. The van der Waals surface area contributed by atoms with Crippen molar-refractivity contribution in [3.05, 3.63) is 44.5 Å². The van der Waals surface area contributed by atoms with Crippen LogP contribution in [0.4, 0.5) is 4.39 Å².